The third kappa shape index (κ3) is 3.90. The number of hydrogen-bond acceptors (Lipinski definition) is 8. The number of nitrogens with one attached hydrogen (secondary N) is 1. The van der Waals surface area contributed by atoms with Crippen molar-refractivity contribution in [3.63, 3.8) is 0 Å². The van der Waals surface area contributed by atoms with Crippen molar-refractivity contribution in [3.05, 3.63) is 50.9 Å². The summed E-state index contributed by atoms with van der Waals surface area (Å²) in [5, 5.41) is 2.84. The van der Waals surface area contributed by atoms with E-state index in [-0.39, 0.29) is 32.9 Å². The molecule has 8 nitrogen and oxygen atoms in total. The van der Waals surface area contributed by atoms with Gasteiger partial charge in [-0.1, -0.05) is 12.2 Å². The number of hydrogen-bond donors (Lipinski definition) is 2. The summed E-state index contributed by atoms with van der Waals surface area (Å²) in [5.74, 6) is 0.429. The Morgan fingerprint density at radius 3 is 2.00 bits per heavy atom. The lowest BCUT2D eigenvalue weighted by Crippen LogP contribution is -2.39. The Hall–Kier alpha value is -1.58. The summed E-state index contributed by atoms with van der Waals surface area (Å²) in [6, 6.07) is 0. The first kappa shape index (κ1) is 17.2. The maximum atomic E-state index is 6.38. The van der Waals surface area contributed by atoms with Gasteiger partial charge in [-0.05, 0) is 52.5 Å². The molecule has 0 bridgehead atoms. The van der Waals surface area contributed by atoms with Crippen LogP contribution in [0.15, 0.2) is 23.9 Å². The van der Waals surface area contributed by atoms with Gasteiger partial charge in [0, 0.05) is 12.1 Å². The van der Waals surface area contributed by atoms with E-state index in [2.05, 4.69) is 35.2 Å². The molecular weight excluding hydrogens is 398 g/mol. The van der Waals surface area contributed by atoms with Crippen molar-refractivity contribution in [2.75, 3.05) is 5.32 Å². The van der Waals surface area contributed by atoms with Crippen LogP contribution in [0.1, 0.15) is 12.2 Å². The van der Waals surface area contributed by atoms with Crippen molar-refractivity contribution in [1.82, 2.24) is 29.9 Å². The Bertz CT molecular complexity index is 814. The molecule has 3 N–H and O–H groups in total. The predicted molar refractivity (Wildman–Crippen MR) is 91.0 cm³/mol. The van der Waals surface area contributed by atoms with Crippen LogP contribution >= 0.6 is 46.4 Å². The van der Waals surface area contributed by atoms with Crippen LogP contribution in [0.25, 0.3) is 0 Å². The summed E-state index contributed by atoms with van der Waals surface area (Å²) in [6.45, 7) is 0. The van der Waals surface area contributed by atoms with Crippen LogP contribution in [0, 0.1) is 0 Å². The molecule has 1 atom stereocenters. The van der Waals surface area contributed by atoms with Gasteiger partial charge in [0.25, 0.3) is 0 Å². The maximum absolute atomic E-state index is 6.38. The highest BCUT2D eigenvalue weighted by Crippen LogP contribution is 2.30. The Labute approximate surface area is 156 Å². The van der Waals surface area contributed by atoms with Crippen molar-refractivity contribution in [2.24, 2.45) is 5.73 Å². The second-order valence-electron chi connectivity index (χ2n) is 4.79. The van der Waals surface area contributed by atoms with Gasteiger partial charge in [-0.15, -0.1) is 0 Å². The van der Waals surface area contributed by atoms with E-state index in [9.17, 15) is 0 Å². The summed E-state index contributed by atoms with van der Waals surface area (Å²) in [6.07, 6.45) is 5.57. The van der Waals surface area contributed by atoms with Crippen molar-refractivity contribution < 1.29 is 0 Å². The zero-order chi connectivity index (χ0) is 17.3. The maximum Gasteiger partial charge on any atom is 0.232 e. The molecule has 24 heavy (non-hydrogen) atoms. The van der Waals surface area contributed by atoms with Gasteiger partial charge >= 0.3 is 0 Å². The Morgan fingerprint density at radius 1 is 0.875 bits per heavy atom. The van der Waals surface area contributed by atoms with E-state index >= 15 is 0 Å². The number of nitrogens with zero attached hydrogens (tertiary/aromatic N) is 6. The van der Waals surface area contributed by atoms with Crippen LogP contribution in [0.2, 0.25) is 21.1 Å². The largest absolute Gasteiger partial charge is 0.328 e. The molecule has 1 aliphatic rings. The van der Waals surface area contributed by atoms with Crippen molar-refractivity contribution >= 4 is 52.4 Å². The topological polar surface area (TPSA) is 115 Å². The highest BCUT2D eigenvalue weighted by molar-refractivity contribution is 6.31. The number of allylic oxidation sites excluding steroid dienone is 2. The lowest BCUT2D eigenvalue weighted by Gasteiger charge is -2.28. The van der Waals surface area contributed by atoms with E-state index in [0.29, 0.717) is 12.1 Å². The van der Waals surface area contributed by atoms with Gasteiger partial charge in [0.05, 0.1) is 0 Å². The van der Waals surface area contributed by atoms with Gasteiger partial charge in [-0.25, -0.2) is 9.97 Å². The molecule has 3 rings (SSSR count). The number of anilines is 1. The number of halogens is 4. The third-order valence-electron chi connectivity index (χ3n) is 3.02. The van der Waals surface area contributed by atoms with Crippen LogP contribution in [0.4, 0.5) is 5.95 Å². The van der Waals surface area contributed by atoms with Crippen LogP contribution in [-0.2, 0) is 5.54 Å². The fourth-order valence-electron chi connectivity index (χ4n) is 2.07. The average Bonchev–Trinajstić information content (AvgIpc) is 2.45. The molecule has 2 aromatic heterocycles. The Balaban J connectivity index is 1.86. The molecule has 2 heterocycles. The second kappa shape index (κ2) is 6.73. The number of nitrogens with two attached hydrogens (primary N) is 1. The van der Waals surface area contributed by atoms with Gasteiger partial charge < -0.3 is 11.1 Å². The second-order valence-corrected chi connectivity index (χ2v) is 6.14. The summed E-state index contributed by atoms with van der Waals surface area (Å²) in [4.78, 5) is 23.3. The Morgan fingerprint density at radius 2 is 1.42 bits per heavy atom. The van der Waals surface area contributed by atoms with Crippen molar-refractivity contribution in [3.8, 4) is 0 Å². The fourth-order valence-corrected chi connectivity index (χ4v) is 2.79. The lowest BCUT2D eigenvalue weighted by atomic mass is 9.89. The molecule has 124 valence electrons. The van der Waals surface area contributed by atoms with E-state index in [1.54, 1.807) is 18.2 Å². The summed E-state index contributed by atoms with van der Waals surface area (Å²) < 4.78 is 0. The van der Waals surface area contributed by atoms with Gasteiger partial charge in [0.15, 0.2) is 5.82 Å². The zero-order valence-corrected chi connectivity index (χ0v) is 14.7. The number of aromatic nitrogens is 6. The Kier molecular flexibility index (Phi) is 4.84. The van der Waals surface area contributed by atoms with Gasteiger partial charge in [-0.2, -0.15) is 19.9 Å². The van der Waals surface area contributed by atoms with Crippen LogP contribution < -0.4 is 11.1 Å². The molecule has 0 saturated heterocycles. The molecule has 0 saturated carbocycles. The molecule has 1 unspecified atom stereocenters. The van der Waals surface area contributed by atoms with Crippen molar-refractivity contribution in [1.29, 1.82) is 0 Å². The van der Waals surface area contributed by atoms with Gasteiger partial charge in [-0.3, -0.25) is 0 Å². The minimum absolute atomic E-state index is 0.0282. The van der Waals surface area contributed by atoms with E-state index < -0.39 is 5.54 Å². The highest BCUT2D eigenvalue weighted by Gasteiger charge is 2.32. The molecule has 0 aromatic carbocycles. The highest BCUT2D eigenvalue weighted by atomic mass is 35.5. The SMILES string of the molecule is NC1(c2nc(Cl)nc(Cl)n2)C=CC=C(Nc2nc(Cl)nc(Cl)n2)C1. The van der Waals surface area contributed by atoms with Crippen LogP contribution in [0.3, 0.4) is 0 Å². The molecule has 0 fully saturated rings. The molecule has 0 radical (unpaired) electrons. The van der Waals surface area contributed by atoms with E-state index in [4.69, 9.17) is 52.1 Å². The van der Waals surface area contributed by atoms with Crippen molar-refractivity contribution in [2.45, 2.75) is 12.0 Å². The third-order valence-corrected chi connectivity index (χ3v) is 3.70. The molecule has 0 amide bonds. The fraction of sp³-hybridized carbons (Fsp3) is 0.167. The average molecular weight is 406 g/mol. The van der Waals surface area contributed by atoms with Crippen LogP contribution in [0.5, 0.6) is 0 Å². The normalized spacial score (nSPS) is 20.0. The van der Waals surface area contributed by atoms with Crippen LogP contribution in [-0.4, -0.2) is 29.9 Å². The first-order valence-corrected chi connectivity index (χ1v) is 7.94. The van der Waals surface area contributed by atoms with Gasteiger partial charge in [0.2, 0.25) is 27.1 Å². The number of rotatable bonds is 3. The minimum atomic E-state index is -1.03. The molecule has 2 aromatic rings. The van der Waals surface area contributed by atoms with E-state index in [0.717, 1.165) is 0 Å². The summed E-state index contributed by atoms with van der Waals surface area (Å²) in [5.41, 5.74) is 6.03. The minimum Gasteiger partial charge on any atom is -0.328 e. The smallest absolute Gasteiger partial charge is 0.232 e. The first-order valence-electron chi connectivity index (χ1n) is 6.43. The quantitative estimate of drug-likeness (QED) is 0.800. The lowest BCUT2D eigenvalue weighted by molar-refractivity contribution is 0.509. The van der Waals surface area contributed by atoms with E-state index in [1.807, 2.05) is 0 Å². The summed E-state index contributed by atoms with van der Waals surface area (Å²) >= 11 is 23.1. The molecule has 12 heteroatoms. The predicted octanol–water partition coefficient (Wildman–Crippen LogP) is 2.78. The zero-order valence-electron chi connectivity index (χ0n) is 11.7. The molecule has 0 spiro atoms. The summed E-state index contributed by atoms with van der Waals surface area (Å²) in [7, 11) is 0. The van der Waals surface area contributed by atoms with Gasteiger partial charge in [0.1, 0.15) is 5.54 Å². The first-order chi connectivity index (χ1) is 11.3. The standard InChI is InChI=1S/C12H8Cl4N8/c13-7-19-6(20-8(14)21-7)12(17)3-1-2-5(4-12)18-11-23-9(15)22-10(16)24-11/h1-3H,4,17H2,(H,18,22,23,24). The monoisotopic (exact) mass is 404 g/mol. The molecular formula is C12H8Cl4N8. The van der Waals surface area contributed by atoms with E-state index in [1.165, 1.54) is 0 Å². The molecule has 0 aliphatic heterocycles. The molecule has 1 aliphatic carbocycles.